The fraction of sp³-hybridized carbons (Fsp3) is 0.160. The van der Waals surface area contributed by atoms with Crippen molar-refractivity contribution in [2.24, 2.45) is 0 Å². The molecular weight excluding hydrogens is 471 g/mol. The lowest BCUT2D eigenvalue weighted by atomic mass is 9.90. The molecule has 0 radical (unpaired) electrons. The van der Waals surface area contributed by atoms with Crippen molar-refractivity contribution in [3.05, 3.63) is 109 Å². The number of hydrogen-bond acceptors (Lipinski definition) is 5. The maximum atomic E-state index is 13.2. The van der Waals surface area contributed by atoms with E-state index in [0.29, 0.717) is 11.3 Å². The fourth-order valence-corrected chi connectivity index (χ4v) is 4.85. The van der Waals surface area contributed by atoms with Gasteiger partial charge in [-0.3, -0.25) is 9.59 Å². The molecule has 4 aromatic rings. The topological polar surface area (TPSA) is 129 Å². The van der Waals surface area contributed by atoms with Crippen molar-refractivity contribution < 1.29 is 12.8 Å². The Hall–Kier alpha value is -4.05. The molecule has 0 unspecified atom stereocenters. The SMILES string of the molecule is CC(C)(C)c1[nH]cnc1/C=c1\[nH]c(=O)/c(=C/c2cccc(S(=O)(=O)c3ccc(F)cc3)c2)[nH]c1=O. The molecule has 0 bridgehead atoms. The number of aromatic amines is 3. The minimum atomic E-state index is -3.90. The van der Waals surface area contributed by atoms with E-state index in [1.54, 1.807) is 6.07 Å². The molecule has 35 heavy (non-hydrogen) atoms. The minimum Gasteiger partial charge on any atom is -0.348 e. The maximum absolute atomic E-state index is 13.2. The number of halogens is 1. The lowest BCUT2D eigenvalue weighted by Gasteiger charge is -2.16. The summed E-state index contributed by atoms with van der Waals surface area (Å²) in [6.45, 7) is 5.98. The summed E-state index contributed by atoms with van der Waals surface area (Å²) in [5.74, 6) is -0.545. The van der Waals surface area contributed by atoms with Gasteiger partial charge in [0, 0.05) is 11.1 Å². The normalized spacial score (nSPS) is 13.4. The summed E-state index contributed by atoms with van der Waals surface area (Å²) in [6, 6.07) is 10.4. The lowest BCUT2D eigenvalue weighted by Crippen LogP contribution is -2.46. The molecule has 0 aliphatic carbocycles. The van der Waals surface area contributed by atoms with Gasteiger partial charge < -0.3 is 15.0 Å². The number of H-pyrrole nitrogens is 3. The summed E-state index contributed by atoms with van der Waals surface area (Å²) in [5, 5.41) is -0.000980. The van der Waals surface area contributed by atoms with Crippen molar-refractivity contribution >= 4 is 22.0 Å². The first-order valence-electron chi connectivity index (χ1n) is 10.7. The minimum absolute atomic E-state index is 0.0326. The number of nitrogens with zero attached hydrogens (tertiary/aromatic N) is 1. The molecule has 0 amide bonds. The third-order valence-corrected chi connectivity index (χ3v) is 7.06. The second kappa shape index (κ2) is 8.95. The molecule has 0 aliphatic rings. The quantitative estimate of drug-likeness (QED) is 0.372. The van der Waals surface area contributed by atoms with Gasteiger partial charge in [0.15, 0.2) is 0 Å². The number of benzene rings is 2. The molecule has 180 valence electrons. The summed E-state index contributed by atoms with van der Waals surface area (Å²) in [7, 11) is -3.90. The number of rotatable bonds is 4. The first-order chi connectivity index (χ1) is 16.4. The van der Waals surface area contributed by atoms with Crippen LogP contribution in [-0.4, -0.2) is 28.4 Å². The largest absolute Gasteiger partial charge is 0.348 e. The molecule has 0 saturated carbocycles. The van der Waals surface area contributed by atoms with Crippen molar-refractivity contribution in [2.45, 2.75) is 36.0 Å². The predicted molar refractivity (Wildman–Crippen MR) is 130 cm³/mol. The molecule has 0 fully saturated rings. The second-order valence-electron chi connectivity index (χ2n) is 8.97. The summed E-state index contributed by atoms with van der Waals surface area (Å²) < 4.78 is 39.0. The summed E-state index contributed by atoms with van der Waals surface area (Å²) in [5.41, 5.74) is 0.391. The zero-order valence-electron chi connectivity index (χ0n) is 19.2. The van der Waals surface area contributed by atoms with Gasteiger partial charge in [-0.2, -0.15) is 0 Å². The predicted octanol–water partition coefficient (Wildman–Crippen LogP) is 1.71. The highest BCUT2D eigenvalue weighted by Crippen LogP contribution is 2.23. The maximum Gasteiger partial charge on any atom is 0.272 e. The van der Waals surface area contributed by atoms with Crippen LogP contribution in [0.5, 0.6) is 0 Å². The van der Waals surface area contributed by atoms with Crippen LogP contribution >= 0.6 is 0 Å². The van der Waals surface area contributed by atoms with Gasteiger partial charge >= 0.3 is 0 Å². The molecule has 4 rings (SSSR count). The average Bonchev–Trinajstić information content (AvgIpc) is 3.27. The van der Waals surface area contributed by atoms with Gasteiger partial charge in [0.1, 0.15) is 16.5 Å². The lowest BCUT2D eigenvalue weighted by molar-refractivity contribution is 0.571. The molecule has 0 atom stereocenters. The van der Waals surface area contributed by atoms with Crippen LogP contribution in [0.25, 0.3) is 12.2 Å². The van der Waals surface area contributed by atoms with Crippen molar-refractivity contribution in [1.82, 2.24) is 19.9 Å². The zero-order valence-corrected chi connectivity index (χ0v) is 20.0. The third-order valence-electron chi connectivity index (χ3n) is 5.29. The average molecular weight is 495 g/mol. The van der Waals surface area contributed by atoms with Crippen LogP contribution in [0.3, 0.4) is 0 Å². The molecule has 2 heterocycles. The Kier molecular flexibility index (Phi) is 6.16. The van der Waals surface area contributed by atoms with Gasteiger partial charge in [-0.1, -0.05) is 32.9 Å². The molecule has 2 aromatic heterocycles. The van der Waals surface area contributed by atoms with E-state index >= 15 is 0 Å². The van der Waals surface area contributed by atoms with Gasteiger partial charge in [0.25, 0.3) is 11.1 Å². The summed E-state index contributed by atoms with van der Waals surface area (Å²) in [4.78, 5) is 37.7. The summed E-state index contributed by atoms with van der Waals surface area (Å²) >= 11 is 0. The monoisotopic (exact) mass is 494 g/mol. The highest BCUT2D eigenvalue weighted by atomic mass is 32.2. The van der Waals surface area contributed by atoms with Crippen LogP contribution in [0.4, 0.5) is 4.39 Å². The highest BCUT2D eigenvalue weighted by molar-refractivity contribution is 7.91. The van der Waals surface area contributed by atoms with E-state index < -0.39 is 26.8 Å². The Balaban J connectivity index is 1.76. The first kappa shape index (κ1) is 24.1. The summed E-state index contributed by atoms with van der Waals surface area (Å²) in [6.07, 6.45) is 4.40. The van der Waals surface area contributed by atoms with Crippen molar-refractivity contribution in [2.75, 3.05) is 0 Å². The Morgan fingerprint density at radius 2 is 1.51 bits per heavy atom. The molecular formula is C25H23FN4O4S. The van der Waals surface area contributed by atoms with Gasteiger partial charge in [-0.15, -0.1) is 0 Å². The number of sulfone groups is 1. The standard InChI is InChI=1S/C25H23FN4O4S/c1-25(2,3)22-19(27-14-28-22)13-21-24(32)29-20(23(31)30-21)12-15-5-4-6-18(11-15)35(33,34)17-9-7-16(26)8-10-17/h4-14H,1-3H3,(H,27,28)(H,29,32)(H,30,31)/b20-12-,21-13-. The molecule has 2 aromatic carbocycles. The fourth-order valence-electron chi connectivity index (χ4n) is 3.54. The number of imidazole rings is 1. The van der Waals surface area contributed by atoms with E-state index in [0.717, 1.165) is 17.8 Å². The van der Waals surface area contributed by atoms with Gasteiger partial charge in [-0.05, 0) is 54.1 Å². The van der Waals surface area contributed by atoms with Gasteiger partial charge in [0.2, 0.25) is 9.84 Å². The smallest absolute Gasteiger partial charge is 0.272 e. The van der Waals surface area contributed by atoms with Gasteiger partial charge in [0.05, 0.1) is 21.8 Å². The van der Waals surface area contributed by atoms with Crippen LogP contribution < -0.4 is 21.8 Å². The second-order valence-corrected chi connectivity index (χ2v) is 10.9. The molecule has 3 N–H and O–H groups in total. The number of nitrogens with one attached hydrogen (secondary N) is 3. The molecule has 0 saturated heterocycles. The Labute approximate surface area is 199 Å². The van der Waals surface area contributed by atoms with Crippen LogP contribution in [0.15, 0.2) is 74.2 Å². The Morgan fingerprint density at radius 3 is 2.14 bits per heavy atom. The number of aromatic nitrogens is 4. The van der Waals surface area contributed by atoms with E-state index in [9.17, 15) is 22.4 Å². The Morgan fingerprint density at radius 1 is 0.886 bits per heavy atom. The van der Waals surface area contributed by atoms with Crippen LogP contribution in [0.1, 0.15) is 37.7 Å². The number of hydrogen-bond donors (Lipinski definition) is 3. The third kappa shape index (κ3) is 5.07. The zero-order chi connectivity index (χ0) is 25.4. The van der Waals surface area contributed by atoms with E-state index in [2.05, 4.69) is 19.9 Å². The van der Waals surface area contributed by atoms with Crippen molar-refractivity contribution in [3.8, 4) is 0 Å². The van der Waals surface area contributed by atoms with Crippen molar-refractivity contribution in [1.29, 1.82) is 0 Å². The molecule has 10 heteroatoms. The van der Waals surface area contributed by atoms with E-state index in [1.165, 1.54) is 48.8 Å². The van der Waals surface area contributed by atoms with E-state index in [4.69, 9.17) is 0 Å². The van der Waals surface area contributed by atoms with E-state index in [-0.39, 0.29) is 25.9 Å². The highest BCUT2D eigenvalue weighted by Gasteiger charge is 2.19. The van der Waals surface area contributed by atoms with Crippen LogP contribution in [0.2, 0.25) is 0 Å². The molecule has 0 aliphatic heterocycles. The van der Waals surface area contributed by atoms with Crippen LogP contribution in [0, 0.1) is 5.82 Å². The van der Waals surface area contributed by atoms with E-state index in [1.807, 2.05) is 20.8 Å². The Bertz CT molecular complexity index is 1740. The molecule has 0 spiro atoms. The van der Waals surface area contributed by atoms with Crippen molar-refractivity contribution in [3.63, 3.8) is 0 Å². The van der Waals surface area contributed by atoms with Gasteiger partial charge in [-0.25, -0.2) is 17.8 Å². The molecule has 8 nitrogen and oxygen atoms in total. The first-order valence-corrected chi connectivity index (χ1v) is 12.1. The van der Waals surface area contributed by atoms with Crippen LogP contribution in [-0.2, 0) is 15.3 Å².